The Morgan fingerprint density at radius 2 is 1.54 bits per heavy atom. The summed E-state index contributed by atoms with van der Waals surface area (Å²) >= 11 is 0. The zero-order chi connectivity index (χ0) is 19.7. The summed E-state index contributed by atoms with van der Waals surface area (Å²) < 4.78 is 11.3. The Labute approximate surface area is 164 Å². The van der Waals surface area contributed by atoms with E-state index in [0.717, 1.165) is 33.8 Å². The van der Waals surface area contributed by atoms with Gasteiger partial charge in [0, 0.05) is 5.69 Å². The van der Waals surface area contributed by atoms with Crippen LogP contribution in [0.4, 0.5) is 0 Å². The van der Waals surface area contributed by atoms with Crippen molar-refractivity contribution in [2.24, 2.45) is 0 Å². The van der Waals surface area contributed by atoms with E-state index in [0.29, 0.717) is 5.88 Å². The first-order chi connectivity index (χ1) is 13.4. The van der Waals surface area contributed by atoms with Gasteiger partial charge < -0.3 is 14.5 Å². The molecule has 0 saturated heterocycles. The van der Waals surface area contributed by atoms with Gasteiger partial charge in [0.05, 0.1) is 12.5 Å². The van der Waals surface area contributed by atoms with Crippen molar-refractivity contribution in [3.8, 4) is 28.6 Å². The van der Waals surface area contributed by atoms with Crippen molar-refractivity contribution in [1.29, 1.82) is 0 Å². The molecule has 4 aromatic rings. The molecule has 5 heteroatoms. The lowest BCUT2D eigenvalue weighted by atomic mass is 9.87. The summed E-state index contributed by atoms with van der Waals surface area (Å²) in [5, 5.41) is 0.841. The number of aromatic amines is 1. The molecule has 0 spiro atoms. The number of rotatable bonds is 4. The van der Waals surface area contributed by atoms with Crippen molar-refractivity contribution in [2.45, 2.75) is 26.2 Å². The standard InChI is InChI=1S/C23H23N3O2/c1-23(2,3)16-7-11-18(12-8-16)28-22-19-13-20(26-21(19)24-14-25-22)15-5-9-17(27-4)10-6-15/h5-14H,1-4H3,(H,24,25,26). The highest BCUT2D eigenvalue weighted by Gasteiger charge is 2.14. The molecule has 28 heavy (non-hydrogen) atoms. The number of hydrogen-bond donors (Lipinski definition) is 1. The van der Waals surface area contributed by atoms with Crippen molar-refractivity contribution in [1.82, 2.24) is 15.0 Å². The van der Waals surface area contributed by atoms with E-state index in [1.807, 2.05) is 42.5 Å². The van der Waals surface area contributed by atoms with E-state index in [4.69, 9.17) is 9.47 Å². The third-order valence-corrected chi connectivity index (χ3v) is 4.72. The van der Waals surface area contributed by atoms with Crippen LogP contribution in [-0.2, 0) is 5.41 Å². The highest BCUT2D eigenvalue weighted by atomic mass is 16.5. The summed E-state index contributed by atoms with van der Waals surface area (Å²) in [7, 11) is 1.66. The lowest BCUT2D eigenvalue weighted by Crippen LogP contribution is -2.10. The average molecular weight is 373 g/mol. The van der Waals surface area contributed by atoms with Gasteiger partial charge in [-0.2, -0.15) is 0 Å². The predicted octanol–water partition coefficient (Wildman–Crippen LogP) is 5.72. The monoisotopic (exact) mass is 373 g/mol. The van der Waals surface area contributed by atoms with Crippen molar-refractivity contribution in [3.63, 3.8) is 0 Å². The lowest BCUT2D eigenvalue weighted by Gasteiger charge is -2.19. The van der Waals surface area contributed by atoms with Gasteiger partial charge in [-0.3, -0.25) is 0 Å². The van der Waals surface area contributed by atoms with E-state index in [2.05, 4.69) is 47.9 Å². The number of ether oxygens (including phenoxy) is 2. The minimum Gasteiger partial charge on any atom is -0.497 e. The topological polar surface area (TPSA) is 60.0 Å². The number of nitrogens with one attached hydrogen (secondary N) is 1. The Kier molecular flexibility index (Phi) is 4.51. The second-order valence-corrected chi connectivity index (χ2v) is 7.73. The highest BCUT2D eigenvalue weighted by molar-refractivity contribution is 5.87. The van der Waals surface area contributed by atoms with Gasteiger partial charge in [-0.1, -0.05) is 32.9 Å². The molecule has 5 nitrogen and oxygen atoms in total. The van der Waals surface area contributed by atoms with Crippen molar-refractivity contribution in [3.05, 3.63) is 66.5 Å². The molecule has 0 atom stereocenters. The fourth-order valence-corrected chi connectivity index (χ4v) is 3.06. The number of aromatic nitrogens is 3. The number of H-pyrrole nitrogens is 1. The summed E-state index contributed by atoms with van der Waals surface area (Å²) in [4.78, 5) is 12.0. The van der Waals surface area contributed by atoms with E-state index in [1.165, 1.54) is 11.9 Å². The van der Waals surface area contributed by atoms with Gasteiger partial charge >= 0.3 is 0 Å². The van der Waals surface area contributed by atoms with Crippen LogP contribution in [0.1, 0.15) is 26.3 Å². The Bertz CT molecular complexity index is 1090. The molecule has 0 unspecified atom stereocenters. The fourth-order valence-electron chi connectivity index (χ4n) is 3.06. The van der Waals surface area contributed by atoms with E-state index in [9.17, 15) is 0 Å². The van der Waals surface area contributed by atoms with Crippen LogP contribution in [0.5, 0.6) is 17.4 Å². The molecule has 2 aromatic heterocycles. The summed E-state index contributed by atoms with van der Waals surface area (Å²) in [6.07, 6.45) is 1.51. The van der Waals surface area contributed by atoms with Crippen molar-refractivity contribution in [2.75, 3.05) is 7.11 Å². The molecule has 0 radical (unpaired) electrons. The zero-order valence-corrected chi connectivity index (χ0v) is 16.5. The third-order valence-electron chi connectivity index (χ3n) is 4.72. The van der Waals surface area contributed by atoms with Crippen molar-refractivity contribution >= 4 is 11.0 Å². The SMILES string of the molecule is COc1ccc(-c2cc3c(Oc4ccc(C(C)(C)C)cc4)ncnc3[nH]2)cc1. The van der Waals surface area contributed by atoms with Gasteiger partial charge in [0.15, 0.2) is 0 Å². The predicted molar refractivity (Wildman–Crippen MR) is 111 cm³/mol. The van der Waals surface area contributed by atoms with Gasteiger partial charge in [0.2, 0.25) is 5.88 Å². The number of methoxy groups -OCH3 is 1. The summed E-state index contributed by atoms with van der Waals surface area (Å²) in [6.45, 7) is 6.58. The Balaban J connectivity index is 1.65. The third kappa shape index (κ3) is 3.56. The molecule has 0 saturated carbocycles. The van der Waals surface area contributed by atoms with E-state index < -0.39 is 0 Å². The second-order valence-electron chi connectivity index (χ2n) is 7.73. The fraction of sp³-hybridized carbons (Fsp3) is 0.217. The molecule has 0 fully saturated rings. The maximum Gasteiger partial charge on any atom is 0.231 e. The number of hydrogen-bond acceptors (Lipinski definition) is 4. The van der Waals surface area contributed by atoms with Gasteiger partial charge in [0.25, 0.3) is 0 Å². The molecule has 2 heterocycles. The highest BCUT2D eigenvalue weighted by Crippen LogP contribution is 2.32. The number of fused-ring (bicyclic) bond motifs is 1. The Morgan fingerprint density at radius 3 is 2.18 bits per heavy atom. The summed E-state index contributed by atoms with van der Waals surface area (Å²) in [6, 6.07) is 18.0. The van der Waals surface area contributed by atoms with Crippen LogP contribution >= 0.6 is 0 Å². The smallest absolute Gasteiger partial charge is 0.231 e. The normalized spacial score (nSPS) is 11.6. The maximum absolute atomic E-state index is 6.05. The quantitative estimate of drug-likeness (QED) is 0.497. The number of nitrogens with zero attached hydrogens (tertiary/aromatic N) is 2. The van der Waals surface area contributed by atoms with E-state index >= 15 is 0 Å². The molecule has 2 aromatic carbocycles. The van der Waals surface area contributed by atoms with Gasteiger partial charge in [0.1, 0.15) is 23.5 Å². The second kappa shape index (κ2) is 7.00. The summed E-state index contributed by atoms with van der Waals surface area (Å²) in [5.74, 6) is 2.10. The van der Waals surface area contributed by atoms with Gasteiger partial charge in [-0.05, 0) is 59.0 Å². The van der Waals surface area contributed by atoms with Gasteiger partial charge in [-0.15, -0.1) is 0 Å². The molecular formula is C23H23N3O2. The maximum atomic E-state index is 6.05. The van der Waals surface area contributed by atoms with Crippen LogP contribution in [0.25, 0.3) is 22.3 Å². The first-order valence-corrected chi connectivity index (χ1v) is 9.20. The molecule has 0 amide bonds. The first-order valence-electron chi connectivity index (χ1n) is 9.20. The molecule has 0 bridgehead atoms. The van der Waals surface area contributed by atoms with Gasteiger partial charge in [-0.25, -0.2) is 9.97 Å². The molecule has 0 aliphatic rings. The first kappa shape index (κ1) is 18.0. The summed E-state index contributed by atoms with van der Waals surface area (Å²) in [5.41, 5.74) is 4.10. The van der Waals surface area contributed by atoms with Crippen LogP contribution in [-0.4, -0.2) is 22.1 Å². The minimum atomic E-state index is 0.106. The van der Waals surface area contributed by atoms with E-state index in [1.54, 1.807) is 7.11 Å². The average Bonchev–Trinajstić information content (AvgIpc) is 3.13. The van der Waals surface area contributed by atoms with Crippen LogP contribution in [0.15, 0.2) is 60.9 Å². The van der Waals surface area contributed by atoms with Crippen LogP contribution in [0.2, 0.25) is 0 Å². The molecule has 0 aliphatic carbocycles. The van der Waals surface area contributed by atoms with Crippen LogP contribution in [0, 0.1) is 0 Å². The van der Waals surface area contributed by atoms with Crippen LogP contribution < -0.4 is 9.47 Å². The minimum absolute atomic E-state index is 0.106. The Morgan fingerprint density at radius 1 is 0.857 bits per heavy atom. The van der Waals surface area contributed by atoms with E-state index in [-0.39, 0.29) is 5.41 Å². The molecule has 0 aliphatic heterocycles. The van der Waals surface area contributed by atoms with Crippen LogP contribution in [0.3, 0.4) is 0 Å². The molecule has 4 rings (SSSR count). The van der Waals surface area contributed by atoms with Crippen molar-refractivity contribution < 1.29 is 9.47 Å². The lowest BCUT2D eigenvalue weighted by molar-refractivity contribution is 0.415. The molecule has 142 valence electrons. The zero-order valence-electron chi connectivity index (χ0n) is 16.5. The molecular weight excluding hydrogens is 350 g/mol. The molecule has 1 N–H and O–H groups in total. The Hall–Kier alpha value is -3.34. The largest absolute Gasteiger partial charge is 0.497 e. The number of benzene rings is 2.